The van der Waals surface area contributed by atoms with Crippen LogP contribution in [0.2, 0.25) is 5.02 Å². The van der Waals surface area contributed by atoms with Crippen molar-refractivity contribution in [3.8, 4) is 11.5 Å². The first kappa shape index (κ1) is 20.7. The molecule has 1 aliphatic rings. The highest BCUT2D eigenvalue weighted by Gasteiger charge is 2.41. The van der Waals surface area contributed by atoms with Gasteiger partial charge in [0.25, 0.3) is 5.91 Å². The molecular formula is C20H23ClN4O4. The van der Waals surface area contributed by atoms with Crippen molar-refractivity contribution in [1.82, 2.24) is 4.98 Å². The number of nitrogens with zero attached hydrogens (tertiary/aromatic N) is 2. The maximum atomic E-state index is 13.1. The fraction of sp³-hybridized carbons (Fsp3) is 0.350. The number of nitrogen functional groups attached to an aromatic ring is 1. The molecule has 1 aliphatic heterocycles. The number of benzene rings is 1. The fourth-order valence-corrected chi connectivity index (χ4v) is 3.24. The summed E-state index contributed by atoms with van der Waals surface area (Å²) in [5, 5.41) is 3.21. The van der Waals surface area contributed by atoms with Gasteiger partial charge in [-0.3, -0.25) is 14.5 Å². The van der Waals surface area contributed by atoms with E-state index in [9.17, 15) is 9.59 Å². The Morgan fingerprint density at radius 2 is 2.03 bits per heavy atom. The number of ether oxygens (including phenoxy) is 2. The van der Waals surface area contributed by atoms with Gasteiger partial charge in [0.05, 0.1) is 12.8 Å². The number of halogens is 1. The van der Waals surface area contributed by atoms with Crippen LogP contribution in [0.5, 0.6) is 11.5 Å². The van der Waals surface area contributed by atoms with Crippen LogP contribution in [-0.2, 0) is 9.59 Å². The Bertz CT molecular complexity index is 950. The molecule has 2 aromatic rings. The first-order chi connectivity index (χ1) is 13.7. The molecular weight excluding hydrogens is 396 g/mol. The van der Waals surface area contributed by atoms with Crippen molar-refractivity contribution in [2.24, 2.45) is 5.92 Å². The Morgan fingerprint density at radius 3 is 2.69 bits per heavy atom. The zero-order valence-electron chi connectivity index (χ0n) is 16.6. The van der Waals surface area contributed by atoms with Crippen molar-refractivity contribution < 1.29 is 19.1 Å². The number of aromatic nitrogens is 1. The number of pyridine rings is 1. The Hall–Kier alpha value is -3.00. The second-order valence-electron chi connectivity index (χ2n) is 7.06. The van der Waals surface area contributed by atoms with E-state index >= 15 is 0 Å². The molecule has 0 saturated heterocycles. The van der Waals surface area contributed by atoms with Crippen molar-refractivity contribution in [1.29, 1.82) is 0 Å². The fourth-order valence-electron chi connectivity index (χ4n) is 3.07. The van der Waals surface area contributed by atoms with Gasteiger partial charge in [-0.2, -0.15) is 0 Å². The number of hydrogen-bond donors (Lipinski definition) is 2. The SMILES string of the molecule is COc1ccc(Cl)cc1NC(=O)C(C)N1C(=O)C(C(C)C)Oc2ccc(N)nc21. The van der Waals surface area contributed by atoms with Crippen molar-refractivity contribution in [3.63, 3.8) is 0 Å². The minimum absolute atomic E-state index is 0.0982. The van der Waals surface area contributed by atoms with Crippen LogP contribution in [-0.4, -0.2) is 36.1 Å². The normalized spacial score (nSPS) is 16.8. The molecule has 2 atom stereocenters. The Morgan fingerprint density at radius 1 is 1.31 bits per heavy atom. The highest BCUT2D eigenvalue weighted by molar-refractivity contribution is 6.31. The molecule has 3 N–H and O–H groups in total. The van der Waals surface area contributed by atoms with E-state index in [-0.39, 0.29) is 23.5 Å². The van der Waals surface area contributed by atoms with Crippen LogP contribution in [0, 0.1) is 5.92 Å². The third kappa shape index (κ3) is 4.07. The summed E-state index contributed by atoms with van der Waals surface area (Å²) < 4.78 is 11.1. The van der Waals surface area contributed by atoms with E-state index in [0.717, 1.165) is 0 Å². The number of carbonyl (C=O) groups is 2. The van der Waals surface area contributed by atoms with E-state index in [1.807, 2.05) is 13.8 Å². The molecule has 2 heterocycles. The molecule has 0 spiro atoms. The molecule has 0 saturated carbocycles. The van der Waals surface area contributed by atoms with Crippen LogP contribution >= 0.6 is 11.6 Å². The van der Waals surface area contributed by atoms with Crippen molar-refractivity contribution in [2.75, 3.05) is 23.1 Å². The van der Waals surface area contributed by atoms with Crippen molar-refractivity contribution in [3.05, 3.63) is 35.4 Å². The largest absolute Gasteiger partial charge is 0.495 e. The predicted octanol–water partition coefficient (Wildman–Crippen LogP) is 3.10. The highest BCUT2D eigenvalue weighted by atomic mass is 35.5. The number of rotatable bonds is 5. The average molecular weight is 419 g/mol. The molecule has 1 aromatic carbocycles. The third-order valence-corrected chi connectivity index (χ3v) is 4.85. The topological polar surface area (TPSA) is 107 Å². The monoisotopic (exact) mass is 418 g/mol. The van der Waals surface area contributed by atoms with E-state index < -0.39 is 18.1 Å². The minimum Gasteiger partial charge on any atom is -0.495 e. The molecule has 1 aromatic heterocycles. The molecule has 2 unspecified atom stereocenters. The number of anilines is 3. The van der Waals surface area contributed by atoms with Gasteiger partial charge in [-0.1, -0.05) is 25.4 Å². The molecule has 2 amide bonds. The third-order valence-electron chi connectivity index (χ3n) is 4.62. The van der Waals surface area contributed by atoms with Crippen LogP contribution < -0.4 is 25.4 Å². The quantitative estimate of drug-likeness (QED) is 0.772. The van der Waals surface area contributed by atoms with Crippen LogP contribution in [0.15, 0.2) is 30.3 Å². The Balaban J connectivity index is 1.95. The van der Waals surface area contributed by atoms with Crippen LogP contribution in [0.4, 0.5) is 17.3 Å². The summed E-state index contributed by atoms with van der Waals surface area (Å²) >= 11 is 6.04. The molecule has 8 nitrogen and oxygen atoms in total. The standard InChI is InChI=1S/C20H23ClN4O4/c1-10(2)17-20(27)25(18-15(29-17)7-8-16(22)24-18)11(3)19(26)23-13-9-12(21)5-6-14(13)28-4/h5-11,17H,1-4H3,(H2,22,24)(H,23,26). The Labute approximate surface area is 173 Å². The number of nitrogens with two attached hydrogens (primary N) is 1. The number of nitrogens with one attached hydrogen (secondary N) is 1. The van der Waals surface area contributed by atoms with Gasteiger partial charge in [0.2, 0.25) is 5.91 Å². The maximum Gasteiger partial charge on any atom is 0.270 e. The molecule has 0 bridgehead atoms. The predicted molar refractivity (Wildman–Crippen MR) is 111 cm³/mol. The van der Waals surface area contributed by atoms with Gasteiger partial charge in [0, 0.05) is 5.02 Å². The van der Waals surface area contributed by atoms with Gasteiger partial charge >= 0.3 is 0 Å². The van der Waals surface area contributed by atoms with E-state index in [0.29, 0.717) is 22.2 Å². The molecule has 154 valence electrons. The zero-order chi connectivity index (χ0) is 21.3. The minimum atomic E-state index is -0.885. The van der Waals surface area contributed by atoms with E-state index in [1.165, 1.54) is 12.0 Å². The second kappa shape index (κ2) is 8.16. The zero-order valence-corrected chi connectivity index (χ0v) is 17.4. The van der Waals surface area contributed by atoms with Gasteiger partial charge in [-0.25, -0.2) is 4.98 Å². The number of amides is 2. The Kier molecular flexibility index (Phi) is 5.83. The molecule has 29 heavy (non-hydrogen) atoms. The lowest BCUT2D eigenvalue weighted by atomic mass is 10.0. The number of fused-ring (bicyclic) bond motifs is 1. The summed E-state index contributed by atoms with van der Waals surface area (Å²) in [5.41, 5.74) is 6.20. The average Bonchev–Trinajstić information content (AvgIpc) is 2.67. The maximum absolute atomic E-state index is 13.1. The van der Waals surface area contributed by atoms with Crippen molar-refractivity contribution >= 4 is 40.7 Å². The molecule has 3 rings (SSSR count). The summed E-state index contributed by atoms with van der Waals surface area (Å²) in [6, 6.07) is 7.23. The lowest BCUT2D eigenvalue weighted by Crippen LogP contribution is -2.55. The number of hydrogen-bond acceptors (Lipinski definition) is 6. The molecule has 9 heteroatoms. The summed E-state index contributed by atoms with van der Waals surface area (Å²) in [6.45, 7) is 5.36. The van der Waals surface area contributed by atoms with Gasteiger partial charge in [0.15, 0.2) is 17.7 Å². The van der Waals surface area contributed by atoms with E-state index in [2.05, 4.69) is 10.3 Å². The van der Waals surface area contributed by atoms with Gasteiger partial charge in [0.1, 0.15) is 17.6 Å². The summed E-state index contributed by atoms with van der Waals surface area (Å²) in [5.74, 6) is 0.400. The van der Waals surface area contributed by atoms with Crippen LogP contribution in [0.25, 0.3) is 0 Å². The number of carbonyl (C=O) groups excluding carboxylic acids is 2. The summed E-state index contributed by atoms with van der Waals surface area (Å²) in [4.78, 5) is 31.7. The van der Waals surface area contributed by atoms with Crippen LogP contribution in [0.1, 0.15) is 20.8 Å². The highest BCUT2D eigenvalue weighted by Crippen LogP contribution is 2.36. The summed E-state index contributed by atoms with van der Waals surface area (Å²) in [7, 11) is 1.49. The smallest absolute Gasteiger partial charge is 0.270 e. The van der Waals surface area contributed by atoms with Gasteiger partial charge < -0.3 is 20.5 Å². The van der Waals surface area contributed by atoms with Crippen LogP contribution in [0.3, 0.4) is 0 Å². The lowest BCUT2D eigenvalue weighted by Gasteiger charge is -2.37. The molecule has 0 fully saturated rings. The summed E-state index contributed by atoms with van der Waals surface area (Å²) in [6.07, 6.45) is -0.733. The van der Waals surface area contributed by atoms with Gasteiger partial charge in [-0.15, -0.1) is 0 Å². The van der Waals surface area contributed by atoms with E-state index in [1.54, 1.807) is 37.3 Å². The lowest BCUT2D eigenvalue weighted by molar-refractivity contribution is -0.130. The first-order valence-corrected chi connectivity index (χ1v) is 9.51. The number of methoxy groups -OCH3 is 1. The second-order valence-corrected chi connectivity index (χ2v) is 7.49. The van der Waals surface area contributed by atoms with Crippen molar-refractivity contribution in [2.45, 2.75) is 32.9 Å². The first-order valence-electron chi connectivity index (χ1n) is 9.13. The molecule has 0 aliphatic carbocycles. The van der Waals surface area contributed by atoms with E-state index in [4.69, 9.17) is 26.8 Å². The molecule has 0 radical (unpaired) electrons. The van der Waals surface area contributed by atoms with Gasteiger partial charge in [-0.05, 0) is 43.2 Å².